The van der Waals surface area contributed by atoms with E-state index in [4.69, 9.17) is 0 Å². The van der Waals surface area contributed by atoms with E-state index in [1.54, 1.807) is 12.1 Å². The van der Waals surface area contributed by atoms with Crippen LogP contribution < -0.4 is 0 Å². The van der Waals surface area contributed by atoms with E-state index in [1.165, 1.54) is 12.1 Å². The zero-order chi connectivity index (χ0) is 13.0. The average molecular weight is 250 g/mol. The number of hydrazone groups is 1. The molecule has 0 bridgehead atoms. The summed E-state index contributed by atoms with van der Waals surface area (Å²) in [6, 6.07) is 6.43. The standard InChI is InChI=1S/C14H19FN2O/c1-2-13(18)10-17-9-3-4-14(16-17)11-5-7-12(15)8-6-11/h5-8,13,18H,2-4,9-10H2,1H3. The van der Waals surface area contributed by atoms with Gasteiger partial charge in [-0.25, -0.2) is 4.39 Å². The van der Waals surface area contributed by atoms with Crippen LogP contribution in [0.1, 0.15) is 31.7 Å². The van der Waals surface area contributed by atoms with E-state index in [9.17, 15) is 9.50 Å². The molecular weight excluding hydrogens is 231 g/mol. The van der Waals surface area contributed by atoms with Crippen molar-refractivity contribution in [2.75, 3.05) is 13.1 Å². The Morgan fingerprint density at radius 1 is 1.39 bits per heavy atom. The predicted molar refractivity (Wildman–Crippen MR) is 70.0 cm³/mol. The maximum atomic E-state index is 12.9. The summed E-state index contributed by atoms with van der Waals surface area (Å²) in [6.07, 6.45) is 2.33. The molecule has 0 aromatic heterocycles. The maximum absolute atomic E-state index is 12.9. The monoisotopic (exact) mass is 250 g/mol. The second-order valence-electron chi connectivity index (χ2n) is 4.63. The van der Waals surface area contributed by atoms with Gasteiger partial charge in [0.15, 0.2) is 0 Å². The Balaban J connectivity index is 2.10. The molecule has 0 saturated heterocycles. The van der Waals surface area contributed by atoms with E-state index in [0.29, 0.717) is 6.54 Å². The van der Waals surface area contributed by atoms with E-state index in [1.807, 2.05) is 11.9 Å². The van der Waals surface area contributed by atoms with Crippen LogP contribution in [0, 0.1) is 5.82 Å². The van der Waals surface area contributed by atoms with Crippen LogP contribution in [-0.4, -0.2) is 35.0 Å². The predicted octanol–water partition coefficient (Wildman–Crippen LogP) is 2.40. The minimum absolute atomic E-state index is 0.228. The van der Waals surface area contributed by atoms with Crippen LogP contribution >= 0.6 is 0 Å². The number of aliphatic hydroxyl groups is 1. The zero-order valence-corrected chi connectivity index (χ0v) is 10.6. The molecule has 1 aliphatic rings. The van der Waals surface area contributed by atoms with Gasteiger partial charge >= 0.3 is 0 Å². The molecule has 2 rings (SSSR count). The molecule has 1 aromatic rings. The van der Waals surface area contributed by atoms with Crippen molar-refractivity contribution < 1.29 is 9.50 Å². The number of β-amino-alcohol motifs (C(OH)–C–C–N with tert-alkyl or cyclic N) is 1. The fraction of sp³-hybridized carbons (Fsp3) is 0.500. The molecule has 0 spiro atoms. The first kappa shape index (κ1) is 13.0. The highest BCUT2D eigenvalue weighted by Gasteiger charge is 2.15. The lowest BCUT2D eigenvalue weighted by atomic mass is 10.0. The van der Waals surface area contributed by atoms with Gasteiger partial charge in [0.2, 0.25) is 0 Å². The summed E-state index contributed by atoms with van der Waals surface area (Å²) >= 11 is 0. The summed E-state index contributed by atoms with van der Waals surface area (Å²) in [7, 11) is 0. The molecule has 3 nitrogen and oxygen atoms in total. The molecule has 0 saturated carbocycles. The summed E-state index contributed by atoms with van der Waals surface area (Å²) in [5.41, 5.74) is 1.94. The van der Waals surface area contributed by atoms with Crippen LogP contribution in [0.4, 0.5) is 4.39 Å². The Morgan fingerprint density at radius 3 is 2.78 bits per heavy atom. The van der Waals surface area contributed by atoms with Crippen LogP contribution in [0.15, 0.2) is 29.4 Å². The number of nitrogens with zero attached hydrogens (tertiary/aromatic N) is 2. The van der Waals surface area contributed by atoms with Crippen molar-refractivity contribution in [2.24, 2.45) is 5.10 Å². The largest absolute Gasteiger partial charge is 0.391 e. The molecule has 1 N–H and O–H groups in total. The van der Waals surface area contributed by atoms with Gasteiger partial charge in [-0.1, -0.05) is 19.1 Å². The van der Waals surface area contributed by atoms with Gasteiger partial charge in [-0.15, -0.1) is 0 Å². The smallest absolute Gasteiger partial charge is 0.123 e. The minimum atomic E-state index is -0.332. The van der Waals surface area contributed by atoms with E-state index in [0.717, 1.165) is 37.1 Å². The van der Waals surface area contributed by atoms with E-state index in [2.05, 4.69) is 5.10 Å². The first-order valence-electron chi connectivity index (χ1n) is 6.45. The lowest BCUT2D eigenvalue weighted by molar-refractivity contribution is 0.108. The topological polar surface area (TPSA) is 35.8 Å². The summed E-state index contributed by atoms with van der Waals surface area (Å²) in [6.45, 7) is 3.40. The van der Waals surface area contributed by atoms with Gasteiger partial charge in [-0.05, 0) is 37.0 Å². The Kier molecular flexibility index (Phi) is 4.31. The van der Waals surface area contributed by atoms with Gasteiger partial charge in [0.05, 0.1) is 18.4 Å². The first-order chi connectivity index (χ1) is 8.69. The molecule has 4 heteroatoms. The molecule has 98 valence electrons. The van der Waals surface area contributed by atoms with Crippen molar-refractivity contribution in [3.05, 3.63) is 35.6 Å². The Labute approximate surface area is 107 Å². The number of rotatable bonds is 4. The number of hydrogen-bond acceptors (Lipinski definition) is 3. The average Bonchev–Trinajstić information content (AvgIpc) is 2.40. The maximum Gasteiger partial charge on any atom is 0.123 e. The van der Waals surface area contributed by atoms with E-state index < -0.39 is 0 Å². The van der Waals surface area contributed by atoms with Crippen LogP contribution in [0.25, 0.3) is 0 Å². The van der Waals surface area contributed by atoms with Crippen molar-refractivity contribution in [3.8, 4) is 0 Å². The van der Waals surface area contributed by atoms with E-state index in [-0.39, 0.29) is 11.9 Å². The second kappa shape index (κ2) is 5.96. The van der Waals surface area contributed by atoms with Gasteiger partial charge in [-0.2, -0.15) is 5.10 Å². The van der Waals surface area contributed by atoms with Gasteiger partial charge in [0.1, 0.15) is 5.82 Å². The van der Waals surface area contributed by atoms with Crippen LogP contribution in [-0.2, 0) is 0 Å². The van der Waals surface area contributed by atoms with Gasteiger partial charge in [0, 0.05) is 6.54 Å². The quantitative estimate of drug-likeness (QED) is 0.890. The normalized spacial score (nSPS) is 17.5. The van der Waals surface area contributed by atoms with Gasteiger partial charge in [-0.3, -0.25) is 5.01 Å². The fourth-order valence-electron chi connectivity index (χ4n) is 2.05. The minimum Gasteiger partial charge on any atom is -0.391 e. The number of halogens is 1. The Morgan fingerprint density at radius 2 is 2.11 bits per heavy atom. The number of hydrogen-bond donors (Lipinski definition) is 1. The third-order valence-electron chi connectivity index (χ3n) is 3.16. The molecule has 0 fully saturated rings. The van der Waals surface area contributed by atoms with Crippen molar-refractivity contribution in [1.82, 2.24) is 5.01 Å². The summed E-state index contributed by atoms with van der Waals surface area (Å²) in [4.78, 5) is 0. The molecule has 1 aliphatic heterocycles. The van der Waals surface area contributed by atoms with E-state index >= 15 is 0 Å². The van der Waals surface area contributed by atoms with Crippen molar-refractivity contribution in [2.45, 2.75) is 32.3 Å². The molecular formula is C14H19FN2O. The lowest BCUT2D eigenvalue weighted by Crippen LogP contribution is -2.33. The zero-order valence-electron chi connectivity index (χ0n) is 10.6. The van der Waals surface area contributed by atoms with Crippen LogP contribution in [0.5, 0.6) is 0 Å². The Bertz CT molecular complexity index is 416. The highest BCUT2D eigenvalue weighted by Crippen LogP contribution is 2.15. The molecule has 1 atom stereocenters. The molecule has 0 amide bonds. The van der Waals surface area contributed by atoms with Crippen LogP contribution in [0.2, 0.25) is 0 Å². The molecule has 0 radical (unpaired) electrons. The lowest BCUT2D eigenvalue weighted by Gasteiger charge is -2.27. The molecule has 18 heavy (non-hydrogen) atoms. The molecule has 1 unspecified atom stereocenters. The second-order valence-corrected chi connectivity index (χ2v) is 4.63. The molecule has 1 aromatic carbocycles. The van der Waals surface area contributed by atoms with Crippen molar-refractivity contribution in [1.29, 1.82) is 0 Å². The Hall–Kier alpha value is -1.42. The SMILES string of the molecule is CCC(O)CN1CCCC(c2ccc(F)cc2)=N1. The summed E-state index contributed by atoms with van der Waals surface area (Å²) < 4.78 is 12.9. The number of aliphatic hydroxyl groups excluding tert-OH is 1. The third-order valence-corrected chi connectivity index (χ3v) is 3.16. The highest BCUT2D eigenvalue weighted by molar-refractivity contribution is 6.00. The molecule has 1 heterocycles. The van der Waals surface area contributed by atoms with Crippen molar-refractivity contribution in [3.63, 3.8) is 0 Å². The fourth-order valence-corrected chi connectivity index (χ4v) is 2.05. The summed E-state index contributed by atoms with van der Waals surface area (Å²) in [5.74, 6) is -0.228. The first-order valence-corrected chi connectivity index (χ1v) is 6.45. The van der Waals surface area contributed by atoms with Gasteiger partial charge in [0.25, 0.3) is 0 Å². The third kappa shape index (κ3) is 3.29. The van der Waals surface area contributed by atoms with Crippen molar-refractivity contribution >= 4 is 5.71 Å². The van der Waals surface area contributed by atoms with Gasteiger partial charge < -0.3 is 5.11 Å². The highest BCUT2D eigenvalue weighted by atomic mass is 19.1. The molecule has 0 aliphatic carbocycles. The van der Waals surface area contributed by atoms with Crippen LogP contribution in [0.3, 0.4) is 0 Å². The number of benzene rings is 1. The summed E-state index contributed by atoms with van der Waals surface area (Å²) in [5, 5.41) is 16.1.